The highest BCUT2D eigenvalue weighted by atomic mass is 35.5. The minimum absolute atomic E-state index is 0.387. The Morgan fingerprint density at radius 2 is 1.60 bits per heavy atom. The molecule has 0 spiro atoms. The molecule has 4 nitrogen and oxygen atoms in total. The van der Waals surface area contributed by atoms with Crippen molar-refractivity contribution in [2.75, 3.05) is 5.32 Å². The number of esters is 1. The maximum Gasteiger partial charge on any atom is 0.331 e. The lowest BCUT2D eigenvalue weighted by atomic mass is 10.2. The Hall–Kier alpha value is -2.01. The van der Waals surface area contributed by atoms with E-state index in [0.29, 0.717) is 20.8 Å². The first-order valence-electron chi connectivity index (χ1n) is 7.25. The molecule has 0 unspecified atom stereocenters. The van der Waals surface area contributed by atoms with Crippen LogP contribution in [0.3, 0.4) is 0 Å². The van der Waals surface area contributed by atoms with Crippen LogP contribution in [0.2, 0.25) is 15.1 Å². The SMILES string of the molecule is C[C@H](OC(=O)/C=C/c1ccc(Cl)cc1)C(=O)Nc1cc(Cl)cc(Cl)c1. The van der Waals surface area contributed by atoms with Crippen LogP contribution in [-0.2, 0) is 14.3 Å². The first-order chi connectivity index (χ1) is 11.8. The Morgan fingerprint density at radius 1 is 1.00 bits per heavy atom. The van der Waals surface area contributed by atoms with Crippen LogP contribution >= 0.6 is 34.8 Å². The Balaban J connectivity index is 1.91. The van der Waals surface area contributed by atoms with E-state index in [1.54, 1.807) is 48.5 Å². The Bertz CT molecular complexity index is 783. The number of amides is 1. The fourth-order valence-corrected chi connectivity index (χ4v) is 2.53. The van der Waals surface area contributed by atoms with Gasteiger partial charge in [-0.15, -0.1) is 0 Å². The zero-order valence-corrected chi connectivity index (χ0v) is 15.4. The number of hydrogen-bond acceptors (Lipinski definition) is 3. The molecule has 1 N–H and O–H groups in total. The summed E-state index contributed by atoms with van der Waals surface area (Å²) in [5.74, 6) is -1.13. The number of carbonyl (C=O) groups excluding carboxylic acids is 2. The lowest BCUT2D eigenvalue weighted by Gasteiger charge is -2.12. The van der Waals surface area contributed by atoms with E-state index >= 15 is 0 Å². The number of anilines is 1. The number of hydrogen-bond donors (Lipinski definition) is 1. The summed E-state index contributed by atoms with van der Waals surface area (Å²) >= 11 is 17.5. The van der Waals surface area contributed by atoms with Crippen LogP contribution in [0, 0.1) is 0 Å². The van der Waals surface area contributed by atoms with Crippen molar-refractivity contribution in [1.29, 1.82) is 0 Å². The van der Waals surface area contributed by atoms with Crippen LogP contribution in [0.4, 0.5) is 5.69 Å². The molecule has 0 saturated heterocycles. The molecule has 0 radical (unpaired) electrons. The van der Waals surface area contributed by atoms with Gasteiger partial charge in [0.05, 0.1) is 0 Å². The molecule has 25 heavy (non-hydrogen) atoms. The summed E-state index contributed by atoms with van der Waals surface area (Å²) < 4.78 is 5.06. The first-order valence-corrected chi connectivity index (χ1v) is 8.38. The quantitative estimate of drug-likeness (QED) is 0.554. The molecule has 2 rings (SSSR count). The second-order valence-corrected chi connectivity index (χ2v) is 6.42. The minimum Gasteiger partial charge on any atom is -0.449 e. The van der Waals surface area contributed by atoms with E-state index in [1.807, 2.05) is 0 Å². The van der Waals surface area contributed by atoms with E-state index in [4.69, 9.17) is 39.5 Å². The average Bonchev–Trinajstić information content (AvgIpc) is 2.53. The highest BCUT2D eigenvalue weighted by Gasteiger charge is 2.17. The lowest BCUT2D eigenvalue weighted by Crippen LogP contribution is -2.29. The number of halogens is 3. The second-order valence-electron chi connectivity index (χ2n) is 5.11. The van der Waals surface area contributed by atoms with Gasteiger partial charge >= 0.3 is 5.97 Å². The van der Waals surface area contributed by atoms with E-state index in [1.165, 1.54) is 13.0 Å². The maximum absolute atomic E-state index is 12.1. The molecule has 0 fully saturated rings. The van der Waals surface area contributed by atoms with Gasteiger partial charge in [-0.25, -0.2) is 4.79 Å². The zero-order chi connectivity index (χ0) is 18.4. The summed E-state index contributed by atoms with van der Waals surface area (Å²) in [6.45, 7) is 1.47. The van der Waals surface area contributed by atoms with Crippen LogP contribution in [-0.4, -0.2) is 18.0 Å². The topological polar surface area (TPSA) is 55.4 Å². The van der Waals surface area contributed by atoms with E-state index in [2.05, 4.69) is 5.32 Å². The van der Waals surface area contributed by atoms with Gasteiger partial charge in [0.15, 0.2) is 6.10 Å². The van der Waals surface area contributed by atoms with Gasteiger partial charge < -0.3 is 10.1 Å². The molecule has 2 aromatic carbocycles. The summed E-state index contributed by atoms with van der Waals surface area (Å²) in [5.41, 5.74) is 1.20. The van der Waals surface area contributed by atoms with Gasteiger partial charge in [0.25, 0.3) is 5.91 Å². The van der Waals surface area contributed by atoms with Gasteiger partial charge in [0.1, 0.15) is 0 Å². The van der Waals surface area contributed by atoms with Gasteiger partial charge in [-0.3, -0.25) is 4.79 Å². The van der Waals surface area contributed by atoms with Crippen molar-refractivity contribution in [2.45, 2.75) is 13.0 Å². The van der Waals surface area contributed by atoms with Crippen molar-refractivity contribution in [1.82, 2.24) is 0 Å². The third-order valence-corrected chi connectivity index (χ3v) is 3.76. The number of benzene rings is 2. The van der Waals surface area contributed by atoms with Crippen LogP contribution in [0.15, 0.2) is 48.5 Å². The summed E-state index contributed by atoms with van der Waals surface area (Å²) in [6.07, 6.45) is 1.82. The molecule has 0 aromatic heterocycles. The second kappa shape index (κ2) is 8.90. The lowest BCUT2D eigenvalue weighted by molar-refractivity contribution is -0.148. The molecular formula is C18H14Cl3NO3. The van der Waals surface area contributed by atoms with Crippen LogP contribution in [0.25, 0.3) is 6.08 Å². The van der Waals surface area contributed by atoms with E-state index in [0.717, 1.165) is 5.56 Å². The van der Waals surface area contributed by atoms with E-state index < -0.39 is 18.0 Å². The van der Waals surface area contributed by atoms with Gasteiger partial charge in [-0.1, -0.05) is 46.9 Å². The molecule has 0 heterocycles. The van der Waals surface area contributed by atoms with Crippen LogP contribution in [0.5, 0.6) is 0 Å². The largest absolute Gasteiger partial charge is 0.449 e. The Labute approximate surface area is 160 Å². The third kappa shape index (κ3) is 6.42. The van der Waals surface area contributed by atoms with Gasteiger partial charge in [0.2, 0.25) is 0 Å². The summed E-state index contributed by atoms with van der Waals surface area (Å²) in [6, 6.07) is 11.6. The molecule has 2 aromatic rings. The third-order valence-electron chi connectivity index (χ3n) is 3.07. The fraction of sp³-hybridized carbons (Fsp3) is 0.111. The van der Waals surface area contributed by atoms with Crippen molar-refractivity contribution in [3.63, 3.8) is 0 Å². The molecule has 7 heteroatoms. The molecule has 0 aliphatic rings. The summed E-state index contributed by atoms with van der Waals surface area (Å²) in [5, 5.41) is 3.96. The predicted molar refractivity (Wildman–Crippen MR) is 101 cm³/mol. The molecule has 0 saturated carbocycles. The molecule has 1 amide bonds. The highest BCUT2D eigenvalue weighted by Crippen LogP contribution is 2.22. The van der Waals surface area contributed by atoms with Gasteiger partial charge in [0, 0.05) is 26.8 Å². The fourth-order valence-electron chi connectivity index (χ4n) is 1.88. The zero-order valence-electron chi connectivity index (χ0n) is 13.1. The summed E-state index contributed by atoms with van der Waals surface area (Å²) in [4.78, 5) is 23.9. The molecule has 1 atom stereocenters. The number of ether oxygens (including phenoxy) is 1. The van der Waals surface area contributed by atoms with Crippen molar-refractivity contribution < 1.29 is 14.3 Å². The number of carbonyl (C=O) groups is 2. The van der Waals surface area contributed by atoms with Crippen LogP contribution < -0.4 is 5.32 Å². The average molecular weight is 399 g/mol. The first kappa shape index (κ1) is 19.3. The van der Waals surface area contributed by atoms with E-state index in [9.17, 15) is 9.59 Å². The van der Waals surface area contributed by atoms with Gasteiger partial charge in [-0.2, -0.15) is 0 Å². The minimum atomic E-state index is -0.986. The van der Waals surface area contributed by atoms with Gasteiger partial charge in [-0.05, 0) is 48.9 Å². The van der Waals surface area contributed by atoms with Crippen molar-refractivity contribution in [3.05, 3.63) is 69.2 Å². The predicted octanol–water partition coefficient (Wildman–Crippen LogP) is 5.23. The standard InChI is InChI=1S/C18H14Cl3NO3/c1-11(18(24)22-16-9-14(20)8-15(21)10-16)25-17(23)7-4-12-2-5-13(19)6-3-12/h2-11H,1H3,(H,22,24)/b7-4+/t11-/m0/s1. The van der Waals surface area contributed by atoms with E-state index in [-0.39, 0.29) is 0 Å². The highest BCUT2D eigenvalue weighted by molar-refractivity contribution is 6.35. The number of rotatable bonds is 5. The normalized spacial score (nSPS) is 12.0. The number of nitrogens with one attached hydrogen (secondary N) is 1. The maximum atomic E-state index is 12.1. The molecule has 0 aliphatic carbocycles. The Morgan fingerprint density at radius 3 is 2.20 bits per heavy atom. The Kier molecular flexibility index (Phi) is 6.88. The molecule has 0 aliphatic heterocycles. The molecular weight excluding hydrogens is 385 g/mol. The molecule has 0 bridgehead atoms. The van der Waals surface area contributed by atoms with Crippen molar-refractivity contribution >= 4 is 58.4 Å². The van der Waals surface area contributed by atoms with Crippen molar-refractivity contribution in [2.24, 2.45) is 0 Å². The smallest absolute Gasteiger partial charge is 0.331 e. The molecule has 130 valence electrons. The van der Waals surface area contributed by atoms with Crippen molar-refractivity contribution in [3.8, 4) is 0 Å². The summed E-state index contributed by atoms with van der Waals surface area (Å²) in [7, 11) is 0. The monoisotopic (exact) mass is 397 g/mol. The van der Waals surface area contributed by atoms with Crippen LogP contribution in [0.1, 0.15) is 12.5 Å².